The van der Waals surface area contributed by atoms with Gasteiger partial charge in [-0.05, 0) is 42.7 Å². The van der Waals surface area contributed by atoms with Gasteiger partial charge in [-0.2, -0.15) is 0 Å². The molecule has 1 aromatic carbocycles. The number of nitrogens with one attached hydrogen (secondary N) is 1. The topological polar surface area (TPSA) is 45.2 Å². The standard InChI is InChI=1S/C18H19N3OS2/c1-12(14-7-8-14)21(11-13-5-3-2-4-6-13)18(22)20-17-19-15-9-10-23-16(15)24-17/h2-6,9-10,12,14H,7-8,11H2,1H3,(H,19,20,22)/t12-/m0/s1. The molecule has 3 aromatic rings. The van der Waals surface area contributed by atoms with Crippen molar-refractivity contribution in [3.05, 3.63) is 47.3 Å². The van der Waals surface area contributed by atoms with E-state index in [4.69, 9.17) is 0 Å². The van der Waals surface area contributed by atoms with E-state index in [9.17, 15) is 4.79 Å². The third-order valence-electron chi connectivity index (χ3n) is 4.49. The van der Waals surface area contributed by atoms with Gasteiger partial charge in [0, 0.05) is 12.6 Å². The molecule has 0 radical (unpaired) electrons. The summed E-state index contributed by atoms with van der Waals surface area (Å²) < 4.78 is 1.15. The van der Waals surface area contributed by atoms with Crippen LogP contribution in [0.3, 0.4) is 0 Å². The van der Waals surface area contributed by atoms with E-state index in [1.165, 1.54) is 12.8 Å². The summed E-state index contributed by atoms with van der Waals surface area (Å²) in [6, 6.07) is 12.3. The van der Waals surface area contributed by atoms with Gasteiger partial charge in [0.25, 0.3) is 0 Å². The van der Waals surface area contributed by atoms with Crippen molar-refractivity contribution in [1.82, 2.24) is 9.88 Å². The van der Waals surface area contributed by atoms with Crippen LogP contribution in [-0.2, 0) is 6.54 Å². The molecule has 4 rings (SSSR count). The number of carbonyl (C=O) groups excluding carboxylic acids is 1. The van der Waals surface area contributed by atoms with Crippen LogP contribution < -0.4 is 5.32 Å². The minimum Gasteiger partial charge on any atom is -0.317 e. The Hall–Kier alpha value is -1.92. The molecule has 24 heavy (non-hydrogen) atoms. The number of amides is 2. The Bertz CT molecular complexity index is 810. The van der Waals surface area contributed by atoms with E-state index >= 15 is 0 Å². The SMILES string of the molecule is C[C@@H](C1CC1)N(Cc1ccccc1)C(=O)Nc1nc2ccsc2s1. The molecule has 1 aliphatic rings. The molecule has 1 saturated carbocycles. The lowest BCUT2D eigenvalue weighted by Gasteiger charge is -2.29. The molecule has 124 valence electrons. The molecule has 2 amide bonds. The van der Waals surface area contributed by atoms with Crippen LogP contribution in [0.2, 0.25) is 0 Å². The first-order valence-electron chi connectivity index (χ1n) is 8.16. The highest BCUT2D eigenvalue weighted by Crippen LogP contribution is 2.36. The van der Waals surface area contributed by atoms with Gasteiger partial charge in [-0.1, -0.05) is 41.7 Å². The molecule has 0 aliphatic heterocycles. The van der Waals surface area contributed by atoms with Gasteiger partial charge in [-0.25, -0.2) is 9.78 Å². The lowest BCUT2D eigenvalue weighted by molar-refractivity contribution is 0.181. The van der Waals surface area contributed by atoms with Crippen molar-refractivity contribution in [2.24, 2.45) is 5.92 Å². The second-order valence-corrected chi connectivity index (χ2v) is 8.41. The summed E-state index contributed by atoms with van der Waals surface area (Å²) in [7, 11) is 0. The van der Waals surface area contributed by atoms with E-state index in [0.29, 0.717) is 17.6 Å². The minimum absolute atomic E-state index is 0.0559. The number of aromatic nitrogens is 1. The van der Waals surface area contributed by atoms with Crippen molar-refractivity contribution in [3.63, 3.8) is 0 Å². The normalized spacial score (nSPS) is 15.4. The van der Waals surface area contributed by atoms with E-state index < -0.39 is 0 Å². The van der Waals surface area contributed by atoms with Gasteiger partial charge < -0.3 is 4.90 Å². The quantitative estimate of drug-likeness (QED) is 0.683. The van der Waals surface area contributed by atoms with E-state index in [1.807, 2.05) is 34.5 Å². The monoisotopic (exact) mass is 357 g/mol. The Balaban J connectivity index is 1.52. The van der Waals surface area contributed by atoms with Crippen LogP contribution in [0.4, 0.5) is 9.93 Å². The smallest absolute Gasteiger partial charge is 0.317 e. The van der Waals surface area contributed by atoms with Crippen molar-refractivity contribution >= 4 is 43.4 Å². The van der Waals surface area contributed by atoms with Crippen molar-refractivity contribution in [1.29, 1.82) is 0 Å². The van der Waals surface area contributed by atoms with Crippen molar-refractivity contribution < 1.29 is 4.79 Å². The zero-order chi connectivity index (χ0) is 16.5. The number of fused-ring (bicyclic) bond motifs is 1. The second-order valence-electron chi connectivity index (χ2n) is 6.23. The Labute approximate surface area is 149 Å². The van der Waals surface area contributed by atoms with Crippen LogP contribution in [0.25, 0.3) is 9.53 Å². The molecule has 0 spiro atoms. The van der Waals surface area contributed by atoms with Crippen LogP contribution in [0.15, 0.2) is 41.8 Å². The molecular formula is C18H19N3OS2. The third-order valence-corrected chi connectivity index (χ3v) is 6.50. The molecule has 0 saturated heterocycles. The van der Waals surface area contributed by atoms with Crippen molar-refractivity contribution in [3.8, 4) is 0 Å². The van der Waals surface area contributed by atoms with Gasteiger partial charge in [0.1, 0.15) is 4.01 Å². The number of anilines is 1. The summed E-state index contributed by atoms with van der Waals surface area (Å²) in [5.74, 6) is 0.624. The lowest BCUT2D eigenvalue weighted by atomic mass is 10.1. The van der Waals surface area contributed by atoms with Crippen LogP contribution in [-0.4, -0.2) is 22.0 Å². The number of thiazole rings is 1. The maximum absolute atomic E-state index is 12.9. The minimum atomic E-state index is -0.0559. The molecule has 2 heterocycles. The molecule has 0 unspecified atom stereocenters. The van der Waals surface area contributed by atoms with Crippen molar-refractivity contribution in [2.45, 2.75) is 32.4 Å². The van der Waals surface area contributed by atoms with Crippen LogP contribution >= 0.6 is 22.7 Å². The largest absolute Gasteiger partial charge is 0.324 e. The highest BCUT2D eigenvalue weighted by molar-refractivity contribution is 7.39. The zero-order valence-electron chi connectivity index (χ0n) is 13.4. The number of benzene rings is 1. The Kier molecular flexibility index (Phi) is 4.24. The molecular weight excluding hydrogens is 338 g/mol. The number of rotatable bonds is 5. The summed E-state index contributed by atoms with van der Waals surface area (Å²) >= 11 is 3.20. The van der Waals surface area contributed by atoms with Gasteiger partial charge in [-0.15, -0.1) is 11.3 Å². The number of urea groups is 1. The van der Waals surface area contributed by atoms with Crippen LogP contribution in [0, 0.1) is 5.92 Å². The summed E-state index contributed by atoms with van der Waals surface area (Å²) in [5, 5.41) is 5.71. The highest BCUT2D eigenvalue weighted by atomic mass is 32.2. The van der Waals surface area contributed by atoms with Crippen LogP contribution in [0.1, 0.15) is 25.3 Å². The van der Waals surface area contributed by atoms with Gasteiger partial charge >= 0.3 is 6.03 Å². The second kappa shape index (κ2) is 6.53. The Morgan fingerprint density at radius 3 is 2.83 bits per heavy atom. The number of nitrogens with zero attached hydrogens (tertiary/aromatic N) is 2. The molecule has 1 aliphatic carbocycles. The predicted molar refractivity (Wildman–Crippen MR) is 101 cm³/mol. The average molecular weight is 358 g/mol. The van der Waals surface area contributed by atoms with Gasteiger partial charge in [0.05, 0.1) is 5.52 Å². The van der Waals surface area contributed by atoms with E-state index in [0.717, 1.165) is 15.1 Å². The van der Waals surface area contributed by atoms with E-state index in [1.54, 1.807) is 22.7 Å². The number of hydrogen-bond donors (Lipinski definition) is 1. The molecule has 1 fully saturated rings. The van der Waals surface area contributed by atoms with Gasteiger partial charge in [-0.3, -0.25) is 5.32 Å². The first-order valence-corrected chi connectivity index (χ1v) is 9.86. The fourth-order valence-corrected chi connectivity index (χ4v) is 4.73. The molecule has 4 nitrogen and oxygen atoms in total. The fourth-order valence-electron chi connectivity index (χ4n) is 2.90. The maximum Gasteiger partial charge on any atom is 0.324 e. The van der Waals surface area contributed by atoms with Crippen LogP contribution in [0.5, 0.6) is 0 Å². The first kappa shape index (κ1) is 15.6. The average Bonchev–Trinajstić information content (AvgIpc) is 3.24. The maximum atomic E-state index is 12.9. The number of thiophene rings is 1. The molecule has 1 N–H and O–H groups in total. The first-order chi connectivity index (χ1) is 11.7. The van der Waals surface area contributed by atoms with Gasteiger partial charge in [0.2, 0.25) is 0 Å². The van der Waals surface area contributed by atoms with E-state index in [2.05, 4.69) is 29.4 Å². The summed E-state index contributed by atoms with van der Waals surface area (Å²) in [6.45, 7) is 2.78. The summed E-state index contributed by atoms with van der Waals surface area (Å²) in [6.07, 6.45) is 2.43. The molecule has 6 heteroatoms. The van der Waals surface area contributed by atoms with Gasteiger partial charge in [0.15, 0.2) is 5.13 Å². The van der Waals surface area contributed by atoms with E-state index in [-0.39, 0.29) is 12.1 Å². The molecule has 2 aromatic heterocycles. The summed E-state index contributed by atoms with van der Waals surface area (Å²) in [4.78, 5) is 19.3. The predicted octanol–water partition coefficient (Wildman–Crippen LogP) is 5.19. The number of carbonyl (C=O) groups is 1. The number of hydrogen-bond acceptors (Lipinski definition) is 4. The summed E-state index contributed by atoms with van der Waals surface area (Å²) in [5.41, 5.74) is 2.12. The lowest BCUT2D eigenvalue weighted by Crippen LogP contribution is -2.42. The fraction of sp³-hybridized carbons (Fsp3) is 0.333. The van der Waals surface area contributed by atoms with Crippen molar-refractivity contribution in [2.75, 3.05) is 5.32 Å². The molecule has 0 bridgehead atoms. The molecule has 1 atom stereocenters. The Morgan fingerprint density at radius 1 is 1.33 bits per heavy atom. The highest BCUT2D eigenvalue weighted by Gasteiger charge is 2.34. The Morgan fingerprint density at radius 2 is 2.12 bits per heavy atom. The third kappa shape index (κ3) is 3.30. The zero-order valence-corrected chi connectivity index (χ0v) is 15.1.